The molecule has 0 unspecified atom stereocenters. The number of carbonyl (C=O) groups excluding carboxylic acids is 1. The standard InChI is InChI=1S/C17H22F2O2/c1-12(2)16(20)21-11-14-5-3-4-6-15(14)13-7-9-17(18,19)10-8-13/h3-6,12-13H,7-11H2,1-2H3. The summed E-state index contributed by atoms with van der Waals surface area (Å²) < 4.78 is 31.8. The molecule has 1 aromatic rings. The van der Waals surface area contributed by atoms with Crippen molar-refractivity contribution in [3.8, 4) is 0 Å². The lowest BCUT2D eigenvalue weighted by molar-refractivity contribution is -0.148. The summed E-state index contributed by atoms with van der Waals surface area (Å²) in [6, 6.07) is 7.68. The molecule has 2 nitrogen and oxygen atoms in total. The zero-order chi connectivity index (χ0) is 15.5. The van der Waals surface area contributed by atoms with Crippen molar-refractivity contribution in [3.63, 3.8) is 0 Å². The minimum absolute atomic E-state index is 0.0578. The molecule has 0 N–H and O–H groups in total. The molecule has 1 fully saturated rings. The quantitative estimate of drug-likeness (QED) is 0.754. The van der Waals surface area contributed by atoms with Crippen LogP contribution in [0.1, 0.15) is 56.6 Å². The molecule has 0 aliphatic heterocycles. The zero-order valence-electron chi connectivity index (χ0n) is 12.6. The second kappa shape index (κ2) is 6.54. The predicted molar refractivity (Wildman–Crippen MR) is 77.2 cm³/mol. The van der Waals surface area contributed by atoms with Crippen molar-refractivity contribution in [1.29, 1.82) is 0 Å². The number of ether oxygens (including phenoxy) is 1. The van der Waals surface area contributed by atoms with E-state index in [1.807, 2.05) is 24.3 Å². The molecular formula is C17H22F2O2. The molecule has 21 heavy (non-hydrogen) atoms. The molecule has 0 atom stereocenters. The van der Waals surface area contributed by atoms with Crippen LogP contribution in [0.3, 0.4) is 0 Å². The Balaban J connectivity index is 2.05. The summed E-state index contributed by atoms with van der Waals surface area (Å²) >= 11 is 0. The van der Waals surface area contributed by atoms with Gasteiger partial charge in [0.25, 0.3) is 0 Å². The Kier molecular flexibility index (Phi) is 4.96. The van der Waals surface area contributed by atoms with Crippen molar-refractivity contribution in [3.05, 3.63) is 35.4 Å². The van der Waals surface area contributed by atoms with Crippen LogP contribution in [0.25, 0.3) is 0 Å². The van der Waals surface area contributed by atoms with Crippen LogP contribution in [0.2, 0.25) is 0 Å². The van der Waals surface area contributed by atoms with Gasteiger partial charge in [-0.3, -0.25) is 4.79 Å². The van der Waals surface area contributed by atoms with Crippen LogP contribution in [0.15, 0.2) is 24.3 Å². The van der Waals surface area contributed by atoms with Crippen molar-refractivity contribution in [2.45, 2.75) is 58.0 Å². The number of halogens is 2. The first kappa shape index (κ1) is 15.9. The molecule has 0 heterocycles. The van der Waals surface area contributed by atoms with Gasteiger partial charge in [-0.25, -0.2) is 8.78 Å². The maximum absolute atomic E-state index is 13.3. The summed E-state index contributed by atoms with van der Waals surface area (Å²) in [4.78, 5) is 11.6. The van der Waals surface area contributed by atoms with Gasteiger partial charge in [-0.2, -0.15) is 0 Å². The van der Waals surface area contributed by atoms with Crippen LogP contribution < -0.4 is 0 Å². The van der Waals surface area contributed by atoms with E-state index in [1.165, 1.54) is 0 Å². The van der Waals surface area contributed by atoms with E-state index in [0.29, 0.717) is 12.8 Å². The number of carbonyl (C=O) groups is 1. The van der Waals surface area contributed by atoms with Crippen LogP contribution in [0.5, 0.6) is 0 Å². The van der Waals surface area contributed by atoms with E-state index in [2.05, 4.69) is 0 Å². The van der Waals surface area contributed by atoms with Crippen LogP contribution >= 0.6 is 0 Å². The molecule has 0 spiro atoms. The van der Waals surface area contributed by atoms with E-state index in [-0.39, 0.29) is 37.3 Å². The van der Waals surface area contributed by atoms with E-state index in [4.69, 9.17) is 4.74 Å². The van der Waals surface area contributed by atoms with Gasteiger partial charge < -0.3 is 4.74 Å². The van der Waals surface area contributed by atoms with Crippen molar-refractivity contribution >= 4 is 5.97 Å². The fraction of sp³-hybridized carbons (Fsp3) is 0.588. The average Bonchev–Trinajstić information content (AvgIpc) is 2.45. The Morgan fingerprint density at radius 3 is 2.52 bits per heavy atom. The van der Waals surface area contributed by atoms with Gasteiger partial charge in [-0.05, 0) is 29.9 Å². The van der Waals surface area contributed by atoms with Gasteiger partial charge >= 0.3 is 5.97 Å². The van der Waals surface area contributed by atoms with Gasteiger partial charge in [0.15, 0.2) is 0 Å². The fourth-order valence-corrected chi connectivity index (χ4v) is 2.73. The van der Waals surface area contributed by atoms with E-state index in [0.717, 1.165) is 11.1 Å². The van der Waals surface area contributed by atoms with Crippen LogP contribution in [0.4, 0.5) is 8.78 Å². The first-order valence-corrected chi connectivity index (χ1v) is 7.51. The lowest BCUT2D eigenvalue weighted by Gasteiger charge is -2.29. The van der Waals surface area contributed by atoms with E-state index >= 15 is 0 Å². The summed E-state index contributed by atoms with van der Waals surface area (Å²) in [6.07, 6.45) is 0.861. The first-order valence-electron chi connectivity index (χ1n) is 7.51. The minimum Gasteiger partial charge on any atom is -0.461 e. The van der Waals surface area contributed by atoms with Crippen molar-refractivity contribution < 1.29 is 18.3 Å². The Morgan fingerprint density at radius 2 is 1.90 bits per heavy atom. The number of rotatable bonds is 4. The summed E-state index contributed by atoms with van der Waals surface area (Å²) in [6.45, 7) is 3.80. The summed E-state index contributed by atoms with van der Waals surface area (Å²) in [5.74, 6) is -2.78. The Bertz CT molecular complexity index is 487. The maximum Gasteiger partial charge on any atom is 0.308 e. The van der Waals surface area contributed by atoms with Gasteiger partial charge in [-0.15, -0.1) is 0 Å². The van der Waals surface area contributed by atoms with E-state index in [9.17, 15) is 13.6 Å². The molecule has 0 bridgehead atoms. The van der Waals surface area contributed by atoms with Crippen LogP contribution in [-0.4, -0.2) is 11.9 Å². The number of benzene rings is 1. The van der Waals surface area contributed by atoms with E-state index in [1.54, 1.807) is 13.8 Å². The number of alkyl halides is 2. The monoisotopic (exact) mass is 296 g/mol. The molecule has 0 saturated heterocycles. The van der Waals surface area contributed by atoms with Crippen molar-refractivity contribution in [1.82, 2.24) is 0 Å². The smallest absolute Gasteiger partial charge is 0.308 e. The highest BCUT2D eigenvalue weighted by Crippen LogP contribution is 2.41. The normalized spacial score (nSPS) is 18.7. The second-order valence-electron chi connectivity index (χ2n) is 6.09. The summed E-state index contributed by atoms with van der Waals surface area (Å²) in [5.41, 5.74) is 1.98. The van der Waals surface area contributed by atoms with Crippen LogP contribution in [0, 0.1) is 5.92 Å². The summed E-state index contributed by atoms with van der Waals surface area (Å²) in [7, 11) is 0. The van der Waals surface area contributed by atoms with Crippen LogP contribution in [-0.2, 0) is 16.1 Å². The van der Waals surface area contributed by atoms with Crippen molar-refractivity contribution in [2.75, 3.05) is 0 Å². The molecule has 2 rings (SSSR count). The second-order valence-corrected chi connectivity index (χ2v) is 6.09. The lowest BCUT2D eigenvalue weighted by atomic mass is 9.80. The molecule has 116 valence electrons. The Labute approximate surface area is 124 Å². The highest BCUT2D eigenvalue weighted by atomic mass is 19.3. The topological polar surface area (TPSA) is 26.3 Å². The molecular weight excluding hydrogens is 274 g/mol. The largest absolute Gasteiger partial charge is 0.461 e. The fourth-order valence-electron chi connectivity index (χ4n) is 2.73. The SMILES string of the molecule is CC(C)C(=O)OCc1ccccc1C1CCC(F)(F)CC1. The van der Waals surface area contributed by atoms with Crippen molar-refractivity contribution in [2.24, 2.45) is 5.92 Å². The summed E-state index contributed by atoms with van der Waals surface area (Å²) in [5, 5.41) is 0. The Morgan fingerprint density at radius 1 is 1.29 bits per heavy atom. The molecule has 0 aromatic heterocycles. The predicted octanol–water partition coefficient (Wildman–Crippen LogP) is 4.68. The zero-order valence-corrected chi connectivity index (χ0v) is 12.6. The molecule has 1 saturated carbocycles. The number of esters is 1. The maximum atomic E-state index is 13.3. The van der Waals surface area contributed by atoms with Gasteiger partial charge in [0.1, 0.15) is 6.61 Å². The molecule has 1 aliphatic rings. The number of hydrogen-bond donors (Lipinski definition) is 0. The third-order valence-corrected chi connectivity index (χ3v) is 4.05. The molecule has 0 radical (unpaired) electrons. The minimum atomic E-state index is -2.52. The average molecular weight is 296 g/mol. The van der Waals surface area contributed by atoms with E-state index < -0.39 is 5.92 Å². The van der Waals surface area contributed by atoms with Gasteiger partial charge in [0.2, 0.25) is 5.92 Å². The third kappa shape index (κ3) is 4.26. The third-order valence-electron chi connectivity index (χ3n) is 4.05. The van der Waals surface area contributed by atoms with Gasteiger partial charge in [0, 0.05) is 12.8 Å². The van der Waals surface area contributed by atoms with Gasteiger partial charge in [-0.1, -0.05) is 38.1 Å². The Hall–Kier alpha value is -1.45. The molecule has 1 aromatic carbocycles. The molecule has 1 aliphatic carbocycles. The van der Waals surface area contributed by atoms with Gasteiger partial charge in [0.05, 0.1) is 5.92 Å². The highest BCUT2D eigenvalue weighted by molar-refractivity contribution is 5.71. The highest BCUT2D eigenvalue weighted by Gasteiger charge is 2.35. The first-order chi connectivity index (χ1) is 9.89. The lowest BCUT2D eigenvalue weighted by Crippen LogP contribution is -2.24. The molecule has 0 amide bonds. The molecule has 4 heteroatoms. The number of hydrogen-bond acceptors (Lipinski definition) is 2.